The highest BCUT2D eigenvalue weighted by Crippen LogP contribution is 2.29. The lowest BCUT2D eigenvalue weighted by atomic mass is 9.80. The van der Waals surface area contributed by atoms with E-state index in [0.717, 1.165) is 29.5 Å². The van der Waals surface area contributed by atoms with Crippen molar-refractivity contribution >= 4 is 35.4 Å². The molecule has 6 rings (SSSR count). The summed E-state index contributed by atoms with van der Waals surface area (Å²) in [4.78, 5) is 83.3. The van der Waals surface area contributed by atoms with Gasteiger partial charge in [-0.2, -0.15) is 0 Å². The van der Waals surface area contributed by atoms with Crippen LogP contribution in [0.5, 0.6) is 5.75 Å². The molecule has 0 radical (unpaired) electrons. The Balaban J connectivity index is 1.24. The van der Waals surface area contributed by atoms with Crippen LogP contribution in [0.1, 0.15) is 84.8 Å². The van der Waals surface area contributed by atoms with E-state index in [2.05, 4.69) is 26.6 Å². The number of nitrogens with zero attached hydrogens (tertiary/aromatic N) is 1. The van der Waals surface area contributed by atoms with Crippen molar-refractivity contribution in [2.45, 2.75) is 94.9 Å². The van der Waals surface area contributed by atoms with Crippen LogP contribution in [0.25, 0.3) is 0 Å². The summed E-state index contributed by atoms with van der Waals surface area (Å²) >= 11 is 0. The molecule has 0 aromatic heterocycles. The second kappa shape index (κ2) is 18.5. The highest BCUT2D eigenvalue weighted by Gasteiger charge is 2.43. The van der Waals surface area contributed by atoms with Crippen LogP contribution in [0.15, 0.2) is 78.9 Å². The van der Waals surface area contributed by atoms with E-state index in [-0.39, 0.29) is 43.5 Å². The molecule has 13 nitrogen and oxygen atoms in total. The molecule has 3 aromatic rings. The van der Waals surface area contributed by atoms with Gasteiger partial charge in [0.15, 0.2) is 0 Å². The smallest absolute Gasteiger partial charge is 0.255 e. The summed E-state index contributed by atoms with van der Waals surface area (Å²) in [6, 6.07) is 21.4. The van der Waals surface area contributed by atoms with Gasteiger partial charge >= 0.3 is 0 Å². The van der Waals surface area contributed by atoms with Gasteiger partial charge in [0.2, 0.25) is 29.5 Å². The van der Waals surface area contributed by atoms with Gasteiger partial charge in [0.05, 0.1) is 18.6 Å². The van der Waals surface area contributed by atoms with Crippen LogP contribution >= 0.6 is 0 Å². The molecule has 6 amide bonds. The number of ether oxygens (including phenoxy) is 1. The summed E-state index contributed by atoms with van der Waals surface area (Å²) in [6.45, 7) is 1.75. The van der Waals surface area contributed by atoms with Crippen LogP contribution in [0, 0.1) is 0 Å². The molecule has 2 fully saturated rings. The first-order valence-corrected chi connectivity index (χ1v) is 19.3. The van der Waals surface area contributed by atoms with Crippen molar-refractivity contribution < 1.29 is 33.5 Å². The predicted molar refractivity (Wildman–Crippen MR) is 204 cm³/mol. The molecule has 2 aliphatic heterocycles. The first kappa shape index (κ1) is 39.0. The molecule has 5 N–H and O–H groups in total. The number of nitrogens with one attached hydrogen (secondary N) is 5. The Morgan fingerprint density at radius 3 is 2.35 bits per heavy atom. The molecule has 1 saturated carbocycles. The Kier molecular flexibility index (Phi) is 13.1. The first-order valence-electron chi connectivity index (χ1n) is 19.3. The second-order valence-electron chi connectivity index (χ2n) is 14.6. The van der Waals surface area contributed by atoms with Gasteiger partial charge in [-0.3, -0.25) is 28.8 Å². The maximum Gasteiger partial charge on any atom is 0.255 e. The fourth-order valence-corrected chi connectivity index (χ4v) is 7.48. The Hall–Kier alpha value is -5.72. The molecular formula is C42H50N6O7. The van der Waals surface area contributed by atoms with Crippen LogP contribution in [0.4, 0.5) is 0 Å². The zero-order chi connectivity index (χ0) is 38.6. The van der Waals surface area contributed by atoms with E-state index < -0.39 is 47.7 Å². The Bertz CT molecular complexity index is 1860. The van der Waals surface area contributed by atoms with Crippen LogP contribution in [0.2, 0.25) is 0 Å². The van der Waals surface area contributed by atoms with Crippen LogP contribution < -0.4 is 31.3 Å². The summed E-state index contributed by atoms with van der Waals surface area (Å²) in [5.74, 6) is -2.19. The molecule has 55 heavy (non-hydrogen) atoms. The third-order valence-electron chi connectivity index (χ3n) is 10.4. The fraction of sp³-hybridized carbons (Fsp3) is 0.429. The third kappa shape index (κ3) is 10.5. The molecule has 1 spiro atoms. The molecule has 3 aromatic carbocycles. The third-order valence-corrected chi connectivity index (χ3v) is 10.4. The topological polar surface area (TPSA) is 175 Å². The minimum atomic E-state index is -1.31. The van der Waals surface area contributed by atoms with Gasteiger partial charge < -0.3 is 36.2 Å². The van der Waals surface area contributed by atoms with Crippen LogP contribution in [-0.2, 0) is 43.5 Å². The van der Waals surface area contributed by atoms with Crippen molar-refractivity contribution in [3.8, 4) is 5.75 Å². The summed E-state index contributed by atoms with van der Waals surface area (Å²) in [5.41, 5.74) is 1.46. The van der Waals surface area contributed by atoms with E-state index in [4.69, 9.17) is 4.74 Å². The minimum Gasteiger partial charge on any atom is -0.493 e. The lowest BCUT2D eigenvalue weighted by Crippen LogP contribution is -2.63. The Morgan fingerprint density at radius 1 is 0.818 bits per heavy atom. The summed E-state index contributed by atoms with van der Waals surface area (Å²) in [5, 5.41) is 14.5. The van der Waals surface area contributed by atoms with E-state index in [1.54, 1.807) is 24.3 Å². The molecular weight excluding hydrogens is 700 g/mol. The van der Waals surface area contributed by atoms with E-state index >= 15 is 0 Å². The number of carbonyl (C=O) groups excluding carboxylic acids is 6. The maximum absolute atomic E-state index is 14.2. The number of likely N-dealkylation sites (tertiary alicyclic amines) is 1. The average molecular weight is 751 g/mol. The van der Waals surface area contributed by atoms with Gasteiger partial charge in [0.25, 0.3) is 5.91 Å². The van der Waals surface area contributed by atoms with Gasteiger partial charge in [-0.1, -0.05) is 86.0 Å². The number of hydrogen-bond acceptors (Lipinski definition) is 7. The normalized spacial score (nSPS) is 21.2. The SMILES string of the molecule is O=C1C[C@@H](C(=O)NCc2cccc(CN3CCCC3=O)c2)NC(=O)c2ccccc2OCCCNC(=O)[C@H](Cc2ccccc2)NC(=O)C2(CCCCC2)N1. The molecule has 1 saturated heterocycles. The fourth-order valence-electron chi connectivity index (χ4n) is 7.48. The zero-order valence-corrected chi connectivity index (χ0v) is 31.1. The van der Waals surface area contributed by atoms with Gasteiger partial charge in [0.1, 0.15) is 23.4 Å². The highest BCUT2D eigenvalue weighted by molar-refractivity contribution is 6.01. The molecule has 0 unspecified atom stereocenters. The van der Waals surface area contributed by atoms with Gasteiger partial charge in [-0.05, 0) is 54.5 Å². The van der Waals surface area contributed by atoms with Crippen molar-refractivity contribution in [1.29, 1.82) is 0 Å². The number of benzene rings is 3. The minimum absolute atomic E-state index is 0.117. The summed E-state index contributed by atoms with van der Waals surface area (Å²) in [6.07, 6.45) is 4.59. The average Bonchev–Trinajstić information content (AvgIpc) is 3.60. The quantitative estimate of drug-likeness (QED) is 0.247. The summed E-state index contributed by atoms with van der Waals surface area (Å²) < 4.78 is 5.95. The summed E-state index contributed by atoms with van der Waals surface area (Å²) in [7, 11) is 0. The lowest BCUT2D eigenvalue weighted by molar-refractivity contribution is -0.138. The number of carbonyl (C=O) groups is 6. The molecule has 1 aliphatic carbocycles. The molecule has 13 heteroatoms. The van der Waals surface area contributed by atoms with Crippen molar-refractivity contribution in [1.82, 2.24) is 31.5 Å². The number of hydrogen-bond donors (Lipinski definition) is 5. The predicted octanol–water partition coefficient (Wildman–Crippen LogP) is 3.06. The molecule has 0 bridgehead atoms. The van der Waals surface area contributed by atoms with Crippen molar-refractivity contribution in [2.24, 2.45) is 0 Å². The van der Waals surface area contributed by atoms with E-state index in [9.17, 15) is 28.8 Å². The second-order valence-corrected chi connectivity index (χ2v) is 14.6. The van der Waals surface area contributed by atoms with Gasteiger partial charge in [-0.15, -0.1) is 0 Å². The number of fused-ring (bicyclic) bond motifs is 1. The van der Waals surface area contributed by atoms with Crippen molar-refractivity contribution in [3.05, 3.63) is 101 Å². The number of para-hydroxylation sites is 1. The van der Waals surface area contributed by atoms with Crippen LogP contribution in [-0.4, -0.2) is 77.7 Å². The van der Waals surface area contributed by atoms with Crippen LogP contribution in [0.3, 0.4) is 0 Å². The Labute approximate surface area is 321 Å². The maximum atomic E-state index is 14.2. The van der Waals surface area contributed by atoms with E-state index in [0.29, 0.717) is 57.4 Å². The Morgan fingerprint density at radius 2 is 1.56 bits per heavy atom. The number of rotatable bonds is 7. The largest absolute Gasteiger partial charge is 0.493 e. The lowest BCUT2D eigenvalue weighted by Gasteiger charge is -2.38. The van der Waals surface area contributed by atoms with Gasteiger partial charge in [-0.25, -0.2) is 0 Å². The molecule has 3 aliphatic rings. The molecule has 2 heterocycles. The van der Waals surface area contributed by atoms with Crippen molar-refractivity contribution in [3.63, 3.8) is 0 Å². The number of amides is 6. The van der Waals surface area contributed by atoms with E-state index in [1.807, 2.05) is 59.5 Å². The molecule has 290 valence electrons. The zero-order valence-electron chi connectivity index (χ0n) is 31.1. The van der Waals surface area contributed by atoms with E-state index in [1.165, 1.54) is 0 Å². The monoisotopic (exact) mass is 750 g/mol. The molecule has 2 atom stereocenters. The van der Waals surface area contributed by atoms with Gasteiger partial charge in [0, 0.05) is 39.0 Å². The first-order chi connectivity index (χ1) is 26.7. The van der Waals surface area contributed by atoms with Crippen molar-refractivity contribution in [2.75, 3.05) is 19.7 Å². The standard InChI is InChI=1S/C42H50N6O7/c49-36-26-34(40(53)44-27-30-14-9-15-31(24-30)28-48-22-10-18-37(48)50)45-38(51)32-16-5-6-17-35(32)55-23-11-21-43-39(52)33(25-29-12-3-1-4-13-29)46-41(54)42(47-36)19-7-2-8-20-42/h1,3-6,9,12-17,24,33-34H,2,7-8,10-11,18-23,25-28H2,(H,43,52)(H,44,53)(H,45,51)(H,46,54)(H,47,49)/t33-,34-/m0/s1. The highest BCUT2D eigenvalue weighted by atomic mass is 16.5.